The summed E-state index contributed by atoms with van der Waals surface area (Å²) in [6.07, 6.45) is 1.84. The molecule has 1 heterocycles. The Bertz CT molecular complexity index is 542. The molecule has 5 heteroatoms. The third-order valence-electron chi connectivity index (χ3n) is 2.69. The molecule has 2 rings (SSSR count). The molecule has 0 radical (unpaired) electrons. The Labute approximate surface area is 120 Å². The number of hydrogen-bond acceptors (Lipinski definition) is 3. The minimum atomic E-state index is -0.181. The van der Waals surface area contributed by atoms with Crippen LogP contribution in [0, 0.1) is 6.92 Å². The van der Waals surface area contributed by atoms with Crippen LogP contribution in [0.3, 0.4) is 0 Å². The Morgan fingerprint density at radius 2 is 2.22 bits per heavy atom. The molecule has 0 N–H and O–H groups in total. The van der Waals surface area contributed by atoms with Gasteiger partial charge in [0.1, 0.15) is 0 Å². The first-order valence-electron chi connectivity index (χ1n) is 5.86. The maximum Gasteiger partial charge on any atom is 0.258 e. The van der Waals surface area contributed by atoms with Crippen molar-refractivity contribution in [2.24, 2.45) is 0 Å². The largest absolute Gasteiger partial charge is 0.334 e. The van der Waals surface area contributed by atoms with E-state index < -0.39 is 0 Å². The second-order valence-corrected chi connectivity index (χ2v) is 5.62. The van der Waals surface area contributed by atoms with Crippen molar-refractivity contribution in [3.8, 4) is 11.5 Å². The average molecular weight is 330 g/mol. The summed E-state index contributed by atoms with van der Waals surface area (Å²) in [6.45, 7) is 4.09. The molecule has 1 aromatic heterocycles. The normalized spacial score (nSPS) is 12.7. The number of aromatic nitrogens is 2. The number of hydrogen-bond donors (Lipinski definition) is 0. The molecule has 0 amide bonds. The molecule has 1 atom stereocenters. The molecule has 2 aromatic rings. The smallest absolute Gasteiger partial charge is 0.258 e. The zero-order valence-electron chi connectivity index (χ0n) is 10.3. The third-order valence-corrected chi connectivity index (χ3v) is 3.60. The summed E-state index contributed by atoms with van der Waals surface area (Å²) >= 11 is 9.62. The summed E-state index contributed by atoms with van der Waals surface area (Å²) < 4.78 is 6.27. The van der Waals surface area contributed by atoms with Gasteiger partial charge in [-0.05, 0) is 31.0 Å². The van der Waals surface area contributed by atoms with Crippen LogP contribution >= 0.6 is 27.5 Å². The van der Waals surface area contributed by atoms with Gasteiger partial charge in [0.15, 0.2) is 5.82 Å². The standard InChI is InChI=1S/C13H14BrClN2O/c1-3-4-11(15)12-16-13(18-17-12)10-7-9(14)6-5-8(10)2/h5-7,11H,3-4H2,1-2H3. The molecule has 0 spiro atoms. The van der Waals surface area contributed by atoms with Crippen molar-refractivity contribution in [2.45, 2.75) is 32.1 Å². The topological polar surface area (TPSA) is 38.9 Å². The first kappa shape index (κ1) is 13.6. The Kier molecular flexibility index (Phi) is 4.40. The van der Waals surface area contributed by atoms with E-state index in [-0.39, 0.29) is 5.38 Å². The minimum absolute atomic E-state index is 0.181. The van der Waals surface area contributed by atoms with Crippen LogP contribution in [-0.2, 0) is 0 Å². The Balaban J connectivity index is 2.32. The molecular formula is C13H14BrClN2O. The minimum Gasteiger partial charge on any atom is -0.334 e. The highest BCUT2D eigenvalue weighted by molar-refractivity contribution is 9.10. The number of rotatable bonds is 4. The van der Waals surface area contributed by atoms with Gasteiger partial charge in [0.05, 0.1) is 5.38 Å². The molecule has 0 saturated heterocycles. The second-order valence-electron chi connectivity index (χ2n) is 4.17. The van der Waals surface area contributed by atoms with Crippen LogP contribution in [0.5, 0.6) is 0 Å². The van der Waals surface area contributed by atoms with Crippen LogP contribution in [0.15, 0.2) is 27.2 Å². The molecule has 0 saturated carbocycles. The van der Waals surface area contributed by atoms with Crippen LogP contribution in [0.2, 0.25) is 0 Å². The van der Waals surface area contributed by atoms with E-state index in [9.17, 15) is 0 Å². The first-order valence-corrected chi connectivity index (χ1v) is 7.09. The summed E-state index contributed by atoms with van der Waals surface area (Å²) in [5.41, 5.74) is 2.03. The van der Waals surface area contributed by atoms with Gasteiger partial charge in [0, 0.05) is 10.0 Å². The summed E-state index contributed by atoms with van der Waals surface area (Å²) in [7, 11) is 0. The molecule has 1 unspecified atom stereocenters. The zero-order chi connectivity index (χ0) is 13.1. The predicted molar refractivity (Wildman–Crippen MR) is 75.7 cm³/mol. The number of nitrogens with zero attached hydrogens (tertiary/aromatic N) is 2. The Morgan fingerprint density at radius 1 is 1.44 bits per heavy atom. The van der Waals surface area contributed by atoms with Crippen molar-refractivity contribution >= 4 is 27.5 Å². The molecule has 0 aliphatic carbocycles. The number of halogens is 2. The SMILES string of the molecule is CCCC(Cl)c1noc(-c2cc(Br)ccc2C)n1. The van der Waals surface area contributed by atoms with Gasteiger partial charge >= 0.3 is 0 Å². The first-order chi connectivity index (χ1) is 8.61. The molecule has 0 aliphatic heterocycles. The lowest BCUT2D eigenvalue weighted by Crippen LogP contribution is -1.92. The highest BCUT2D eigenvalue weighted by Gasteiger charge is 2.17. The summed E-state index contributed by atoms with van der Waals surface area (Å²) in [4.78, 5) is 4.37. The third kappa shape index (κ3) is 2.93. The molecule has 96 valence electrons. The van der Waals surface area contributed by atoms with Crippen molar-refractivity contribution in [3.05, 3.63) is 34.1 Å². The fourth-order valence-electron chi connectivity index (χ4n) is 1.68. The van der Waals surface area contributed by atoms with Gasteiger partial charge in [-0.15, -0.1) is 11.6 Å². The van der Waals surface area contributed by atoms with Gasteiger partial charge in [-0.25, -0.2) is 0 Å². The fourth-order valence-corrected chi connectivity index (χ4v) is 2.35. The zero-order valence-corrected chi connectivity index (χ0v) is 12.6. The summed E-state index contributed by atoms with van der Waals surface area (Å²) in [6, 6.07) is 5.96. The highest BCUT2D eigenvalue weighted by atomic mass is 79.9. The lowest BCUT2D eigenvalue weighted by molar-refractivity contribution is 0.420. The van der Waals surface area contributed by atoms with E-state index in [2.05, 4.69) is 33.0 Å². The molecular weight excluding hydrogens is 316 g/mol. The van der Waals surface area contributed by atoms with Gasteiger partial charge in [0.25, 0.3) is 5.89 Å². The average Bonchev–Trinajstić information content (AvgIpc) is 2.82. The molecule has 1 aromatic carbocycles. The number of benzene rings is 1. The van der Waals surface area contributed by atoms with Crippen molar-refractivity contribution in [1.82, 2.24) is 10.1 Å². The van der Waals surface area contributed by atoms with Crippen LogP contribution in [0.4, 0.5) is 0 Å². The second kappa shape index (κ2) is 5.85. The van der Waals surface area contributed by atoms with Crippen LogP contribution in [0.25, 0.3) is 11.5 Å². The molecule has 0 bridgehead atoms. The van der Waals surface area contributed by atoms with E-state index in [1.54, 1.807) is 0 Å². The summed E-state index contributed by atoms with van der Waals surface area (Å²) in [5.74, 6) is 1.08. The monoisotopic (exact) mass is 328 g/mol. The number of alkyl halides is 1. The Hall–Kier alpha value is -0.870. The van der Waals surface area contributed by atoms with Crippen LogP contribution in [-0.4, -0.2) is 10.1 Å². The van der Waals surface area contributed by atoms with E-state index in [1.165, 1.54) is 0 Å². The molecule has 0 fully saturated rings. The maximum atomic E-state index is 6.18. The summed E-state index contributed by atoms with van der Waals surface area (Å²) in [5, 5.41) is 3.77. The molecule has 0 aliphatic rings. The van der Waals surface area contributed by atoms with Crippen LogP contribution in [0.1, 0.15) is 36.5 Å². The molecule has 18 heavy (non-hydrogen) atoms. The van der Waals surface area contributed by atoms with Crippen molar-refractivity contribution in [3.63, 3.8) is 0 Å². The fraction of sp³-hybridized carbons (Fsp3) is 0.385. The predicted octanol–water partition coefficient (Wildman–Crippen LogP) is 4.89. The van der Waals surface area contributed by atoms with Crippen LogP contribution < -0.4 is 0 Å². The Morgan fingerprint density at radius 3 is 2.94 bits per heavy atom. The van der Waals surface area contributed by atoms with Crippen molar-refractivity contribution in [2.75, 3.05) is 0 Å². The van der Waals surface area contributed by atoms with Gasteiger partial charge in [0.2, 0.25) is 0 Å². The van der Waals surface area contributed by atoms with E-state index >= 15 is 0 Å². The lowest BCUT2D eigenvalue weighted by atomic mass is 10.1. The van der Waals surface area contributed by atoms with E-state index in [1.807, 2.05) is 25.1 Å². The molecule has 3 nitrogen and oxygen atoms in total. The quantitative estimate of drug-likeness (QED) is 0.750. The van der Waals surface area contributed by atoms with E-state index in [0.29, 0.717) is 11.7 Å². The number of aryl methyl sites for hydroxylation is 1. The van der Waals surface area contributed by atoms with Gasteiger partial charge in [-0.2, -0.15) is 4.98 Å². The van der Waals surface area contributed by atoms with Crippen molar-refractivity contribution < 1.29 is 4.52 Å². The van der Waals surface area contributed by atoms with Gasteiger partial charge in [-0.1, -0.05) is 40.5 Å². The van der Waals surface area contributed by atoms with E-state index in [4.69, 9.17) is 16.1 Å². The van der Waals surface area contributed by atoms with Gasteiger partial charge < -0.3 is 4.52 Å². The highest BCUT2D eigenvalue weighted by Crippen LogP contribution is 2.29. The lowest BCUT2D eigenvalue weighted by Gasteiger charge is -2.01. The van der Waals surface area contributed by atoms with Gasteiger partial charge in [-0.3, -0.25) is 0 Å². The maximum absolute atomic E-state index is 6.18. The van der Waals surface area contributed by atoms with E-state index in [0.717, 1.165) is 28.4 Å². The van der Waals surface area contributed by atoms with Crippen molar-refractivity contribution in [1.29, 1.82) is 0 Å².